The summed E-state index contributed by atoms with van der Waals surface area (Å²) in [5.74, 6) is 0.00828. The summed E-state index contributed by atoms with van der Waals surface area (Å²) < 4.78 is 2.29. The van der Waals surface area contributed by atoms with Gasteiger partial charge in [-0.15, -0.1) is 0 Å². The molecule has 0 atom stereocenters. The number of hydrogen-bond donors (Lipinski definition) is 0. The number of fused-ring (bicyclic) bond motifs is 1. The van der Waals surface area contributed by atoms with E-state index in [0.717, 1.165) is 39.5 Å². The van der Waals surface area contributed by atoms with Gasteiger partial charge < -0.3 is 4.57 Å². The van der Waals surface area contributed by atoms with Crippen LogP contribution in [0, 0.1) is 27.7 Å². The van der Waals surface area contributed by atoms with Gasteiger partial charge in [0.2, 0.25) is 0 Å². The average Bonchev–Trinajstić information content (AvgIpc) is 3.24. The number of aryl methyl sites for hydroxylation is 2. The lowest BCUT2D eigenvalue weighted by Crippen LogP contribution is -2.20. The molecule has 0 fully saturated rings. The highest BCUT2D eigenvalue weighted by molar-refractivity contribution is 6.38. The van der Waals surface area contributed by atoms with Crippen molar-refractivity contribution in [2.45, 2.75) is 27.7 Å². The van der Waals surface area contributed by atoms with E-state index in [4.69, 9.17) is 0 Å². The van der Waals surface area contributed by atoms with Gasteiger partial charge in [0.1, 0.15) is 0 Å². The summed E-state index contributed by atoms with van der Waals surface area (Å²) in [4.78, 5) is 15.4. The van der Waals surface area contributed by atoms with Crippen molar-refractivity contribution in [3.05, 3.63) is 113 Å². The predicted molar refractivity (Wildman–Crippen MR) is 133 cm³/mol. The summed E-state index contributed by atoms with van der Waals surface area (Å²) in [6, 6.07) is 26.4. The van der Waals surface area contributed by atoms with Gasteiger partial charge in [-0.3, -0.25) is 9.69 Å². The first kappa shape index (κ1) is 20.1. The maximum atomic E-state index is 13.6. The number of carbonyl (C=O) groups is 1. The van der Waals surface area contributed by atoms with Crippen LogP contribution in [0.15, 0.2) is 78.9 Å². The van der Waals surface area contributed by atoms with Crippen molar-refractivity contribution in [1.82, 2.24) is 4.57 Å². The largest absolute Gasteiger partial charge is 0.318 e. The van der Waals surface area contributed by atoms with Crippen LogP contribution < -0.4 is 4.90 Å². The Hall–Kier alpha value is -3.85. The van der Waals surface area contributed by atoms with E-state index in [9.17, 15) is 4.79 Å². The van der Waals surface area contributed by atoms with Crippen molar-refractivity contribution in [2.75, 3.05) is 4.90 Å². The number of aromatic nitrogens is 1. The third kappa shape index (κ3) is 3.09. The zero-order valence-corrected chi connectivity index (χ0v) is 18.9. The maximum Gasteiger partial charge on any atom is 0.263 e. The van der Waals surface area contributed by atoms with Crippen molar-refractivity contribution in [2.24, 2.45) is 0 Å². The minimum atomic E-state index is 0.00828. The summed E-state index contributed by atoms with van der Waals surface area (Å²) in [7, 11) is 0. The highest BCUT2D eigenvalue weighted by Gasteiger charge is 2.33. The van der Waals surface area contributed by atoms with Crippen LogP contribution >= 0.6 is 0 Å². The summed E-state index contributed by atoms with van der Waals surface area (Å²) in [6.45, 7) is 8.55. The molecule has 2 heterocycles. The lowest BCUT2D eigenvalue weighted by Gasteiger charge is -2.16. The normalized spacial score (nSPS) is 14.3. The van der Waals surface area contributed by atoms with Gasteiger partial charge in [-0.2, -0.15) is 0 Å². The lowest BCUT2D eigenvalue weighted by molar-refractivity contribution is -0.112. The van der Waals surface area contributed by atoms with E-state index in [-0.39, 0.29) is 5.91 Å². The van der Waals surface area contributed by atoms with Crippen LogP contribution in [0.25, 0.3) is 17.3 Å². The third-order valence-electron chi connectivity index (χ3n) is 6.47. The SMILES string of the molecule is Cc1cccc(-n2c(C)cc(/C=C3/C(=O)N(c4ccccc4)c4ccccc43)c2C)c1C. The van der Waals surface area contributed by atoms with Crippen molar-refractivity contribution in [3.8, 4) is 5.69 Å². The van der Waals surface area contributed by atoms with Gasteiger partial charge in [0.25, 0.3) is 5.91 Å². The summed E-state index contributed by atoms with van der Waals surface area (Å²) in [6.07, 6.45) is 2.05. The first-order valence-corrected chi connectivity index (χ1v) is 10.9. The summed E-state index contributed by atoms with van der Waals surface area (Å²) in [5, 5.41) is 0. The molecule has 4 aromatic rings. The Bertz CT molecular complexity index is 1380. The van der Waals surface area contributed by atoms with Crippen LogP contribution in [0.4, 0.5) is 11.4 Å². The van der Waals surface area contributed by atoms with Gasteiger partial charge in [0, 0.05) is 28.3 Å². The molecular weight excluding hydrogens is 392 g/mol. The predicted octanol–water partition coefficient (Wildman–Crippen LogP) is 6.93. The van der Waals surface area contributed by atoms with Gasteiger partial charge in [0.05, 0.1) is 11.3 Å². The summed E-state index contributed by atoms with van der Waals surface area (Å²) >= 11 is 0. The second kappa shape index (κ2) is 7.69. The van der Waals surface area contributed by atoms with Gasteiger partial charge in [0.15, 0.2) is 0 Å². The second-order valence-electron chi connectivity index (χ2n) is 8.43. The van der Waals surface area contributed by atoms with Crippen LogP contribution in [0.3, 0.4) is 0 Å². The minimum Gasteiger partial charge on any atom is -0.318 e. The van der Waals surface area contributed by atoms with E-state index in [1.807, 2.05) is 65.6 Å². The molecule has 3 nitrogen and oxygen atoms in total. The standard InChI is InChI=1S/C29H26N2O/c1-19-11-10-16-27(21(19)3)30-20(2)17-23(22(30)4)18-26-25-14-8-9-15-28(25)31(29(26)32)24-12-6-5-7-13-24/h5-18H,1-4H3/b26-18+. The number of carbonyl (C=O) groups excluding carboxylic acids is 1. The Kier molecular flexibility index (Phi) is 4.82. The molecule has 0 aliphatic carbocycles. The molecule has 3 heteroatoms. The zero-order valence-electron chi connectivity index (χ0n) is 18.9. The van der Waals surface area contributed by atoms with Crippen molar-refractivity contribution in [1.29, 1.82) is 0 Å². The number of nitrogens with zero attached hydrogens (tertiary/aromatic N) is 2. The number of benzene rings is 3. The van der Waals surface area contributed by atoms with Crippen LogP contribution in [0.2, 0.25) is 0 Å². The fourth-order valence-electron chi connectivity index (χ4n) is 4.65. The minimum absolute atomic E-state index is 0.00828. The zero-order chi connectivity index (χ0) is 22.4. The molecule has 0 unspecified atom stereocenters. The molecule has 0 spiro atoms. The third-order valence-corrected chi connectivity index (χ3v) is 6.47. The molecule has 5 rings (SSSR count). The van der Waals surface area contributed by atoms with Crippen LogP contribution in [0.1, 0.15) is 33.6 Å². The Labute approximate surface area is 189 Å². The van der Waals surface area contributed by atoms with E-state index in [1.54, 1.807) is 0 Å². The maximum absolute atomic E-state index is 13.6. The van der Waals surface area contributed by atoms with Crippen molar-refractivity contribution in [3.63, 3.8) is 0 Å². The lowest BCUT2D eigenvalue weighted by atomic mass is 10.0. The Morgan fingerprint density at radius 1 is 0.750 bits per heavy atom. The molecule has 0 saturated carbocycles. The molecule has 1 aromatic heterocycles. The highest BCUT2D eigenvalue weighted by Crippen LogP contribution is 2.42. The van der Waals surface area contributed by atoms with Crippen LogP contribution in [-0.4, -0.2) is 10.5 Å². The molecule has 3 aromatic carbocycles. The monoisotopic (exact) mass is 418 g/mol. The van der Waals surface area contributed by atoms with Crippen LogP contribution in [-0.2, 0) is 4.79 Å². The van der Waals surface area contributed by atoms with Gasteiger partial charge in [-0.05, 0) is 80.8 Å². The average molecular weight is 419 g/mol. The van der Waals surface area contributed by atoms with Crippen molar-refractivity contribution < 1.29 is 4.79 Å². The quantitative estimate of drug-likeness (QED) is 0.331. The molecule has 1 amide bonds. The number of rotatable bonds is 3. The summed E-state index contributed by atoms with van der Waals surface area (Å²) in [5.41, 5.74) is 10.6. The molecule has 0 N–H and O–H groups in total. The van der Waals surface area contributed by atoms with E-state index in [2.05, 4.69) is 56.5 Å². The molecule has 32 heavy (non-hydrogen) atoms. The molecule has 0 saturated heterocycles. The van der Waals surface area contributed by atoms with E-state index in [1.165, 1.54) is 16.8 Å². The molecule has 0 radical (unpaired) electrons. The number of anilines is 2. The fraction of sp³-hybridized carbons (Fsp3) is 0.138. The molecule has 0 bridgehead atoms. The number of para-hydroxylation sites is 2. The van der Waals surface area contributed by atoms with Gasteiger partial charge >= 0.3 is 0 Å². The van der Waals surface area contributed by atoms with E-state index in [0.29, 0.717) is 0 Å². The first-order chi connectivity index (χ1) is 15.5. The van der Waals surface area contributed by atoms with Gasteiger partial charge in [-0.25, -0.2) is 0 Å². The van der Waals surface area contributed by atoms with E-state index >= 15 is 0 Å². The molecule has 1 aliphatic heterocycles. The number of amides is 1. The Balaban J connectivity index is 1.65. The second-order valence-corrected chi connectivity index (χ2v) is 8.43. The molecule has 1 aliphatic rings. The van der Waals surface area contributed by atoms with E-state index < -0.39 is 0 Å². The first-order valence-electron chi connectivity index (χ1n) is 10.9. The Morgan fingerprint density at radius 3 is 2.22 bits per heavy atom. The molecule has 158 valence electrons. The molecular formula is C29H26N2O. The highest BCUT2D eigenvalue weighted by atomic mass is 16.2. The fourth-order valence-corrected chi connectivity index (χ4v) is 4.65. The van der Waals surface area contributed by atoms with Gasteiger partial charge in [-0.1, -0.05) is 48.5 Å². The topological polar surface area (TPSA) is 25.2 Å². The number of hydrogen-bond acceptors (Lipinski definition) is 1. The smallest absolute Gasteiger partial charge is 0.263 e. The van der Waals surface area contributed by atoms with Crippen LogP contribution in [0.5, 0.6) is 0 Å². The Morgan fingerprint density at radius 2 is 1.44 bits per heavy atom. The van der Waals surface area contributed by atoms with Crippen molar-refractivity contribution >= 4 is 28.9 Å².